The fourth-order valence-corrected chi connectivity index (χ4v) is 3.95. The third kappa shape index (κ3) is 3.94. The number of aryl methyl sites for hydroxylation is 1. The largest absolute Gasteiger partial charge is 0.339 e. The monoisotopic (exact) mass is 381 g/mol. The van der Waals surface area contributed by atoms with Gasteiger partial charge in [0, 0.05) is 37.1 Å². The van der Waals surface area contributed by atoms with Crippen LogP contribution in [0.2, 0.25) is 0 Å². The van der Waals surface area contributed by atoms with Crippen LogP contribution in [0.3, 0.4) is 0 Å². The maximum Gasteiger partial charge on any atom is 0.276 e. The topological polar surface area (TPSA) is 79.3 Å². The van der Waals surface area contributed by atoms with Gasteiger partial charge in [-0.1, -0.05) is 0 Å². The van der Waals surface area contributed by atoms with Crippen LogP contribution in [0.25, 0.3) is 0 Å². The number of carbonyl (C=O) groups excluding carboxylic acids is 2. The first-order chi connectivity index (χ1) is 13.6. The Hall–Kier alpha value is -2.67. The molecule has 2 fully saturated rings. The highest BCUT2D eigenvalue weighted by atomic mass is 16.2. The lowest BCUT2D eigenvalue weighted by molar-refractivity contribution is 0.0792. The van der Waals surface area contributed by atoms with Crippen molar-refractivity contribution >= 4 is 17.5 Å². The minimum atomic E-state index is -0.232. The second kappa shape index (κ2) is 8.14. The van der Waals surface area contributed by atoms with Gasteiger partial charge >= 0.3 is 0 Å². The molecule has 2 aliphatic heterocycles. The number of piperidine rings is 1. The first-order valence-electron chi connectivity index (χ1n) is 10.1. The molecular formula is C21H27N5O2. The minimum absolute atomic E-state index is 0.0679. The van der Waals surface area contributed by atoms with Crippen LogP contribution in [0.1, 0.15) is 58.1 Å². The molecule has 2 saturated heterocycles. The summed E-state index contributed by atoms with van der Waals surface area (Å²) in [7, 11) is 0. The fraction of sp³-hybridized carbons (Fsp3) is 0.476. The molecule has 1 unspecified atom stereocenters. The normalized spacial score (nSPS) is 19.6. The molecule has 1 atom stereocenters. The number of hydrogen-bond donors (Lipinski definition) is 2. The second-order valence-electron chi connectivity index (χ2n) is 7.66. The number of rotatable bonds is 4. The summed E-state index contributed by atoms with van der Waals surface area (Å²) >= 11 is 0. The van der Waals surface area contributed by atoms with E-state index in [1.165, 1.54) is 0 Å². The lowest BCUT2D eigenvalue weighted by Crippen LogP contribution is -2.32. The molecule has 0 radical (unpaired) electrons. The van der Waals surface area contributed by atoms with Gasteiger partial charge < -0.3 is 15.5 Å². The third-order valence-corrected chi connectivity index (χ3v) is 5.60. The Morgan fingerprint density at radius 1 is 1.18 bits per heavy atom. The van der Waals surface area contributed by atoms with Gasteiger partial charge in [-0.2, -0.15) is 5.10 Å². The van der Waals surface area contributed by atoms with Crippen LogP contribution in [-0.4, -0.2) is 52.7 Å². The van der Waals surface area contributed by atoms with E-state index in [-0.39, 0.29) is 11.8 Å². The van der Waals surface area contributed by atoms with E-state index in [0.717, 1.165) is 57.4 Å². The summed E-state index contributed by atoms with van der Waals surface area (Å²) < 4.78 is 1.88. The van der Waals surface area contributed by atoms with E-state index >= 15 is 0 Å². The summed E-state index contributed by atoms with van der Waals surface area (Å²) in [6, 6.07) is 7.49. The summed E-state index contributed by atoms with van der Waals surface area (Å²) in [5.41, 5.74) is 2.65. The maximum absolute atomic E-state index is 12.6. The number of nitrogens with zero attached hydrogens (tertiary/aromatic N) is 3. The molecule has 2 amide bonds. The van der Waals surface area contributed by atoms with Gasteiger partial charge in [0.25, 0.3) is 11.8 Å². The summed E-state index contributed by atoms with van der Waals surface area (Å²) in [6.45, 7) is 5.49. The van der Waals surface area contributed by atoms with Crippen molar-refractivity contribution in [2.45, 2.75) is 38.6 Å². The molecule has 0 saturated carbocycles. The zero-order valence-corrected chi connectivity index (χ0v) is 16.3. The van der Waals surface area contributed by atoms with Crippen LogP contribution in [-0.2, 0) is 0 Å². The Bertz CT molecular complexity index is 863. The van der Waals surface area contributed by atoms with Gasteiger partial charge in [0.05, 0.1) is 6.04 Å². The van der Waals surface area contributed by atoms with Crippen LogP contribution in [0.15, 0.2) is 30.5 Å². The molecule has 7 heteroatoms. The number of benzene rings is 1. The van der Waals surface area contributed by atoms with Gasteiger partial charge in [-0.3, -0.25) is 14.3 Å². The Morgan fingerprint density at radius 2 is 2.00 bits per heavy atom. The van der Waals surface area contributed by atoms with Crippen LogP contribution >= 0.6 is 0 Å². The number of likely N-dealkylation sites (tertiary alicyclic amines) is 1. The van der Waals surface area contributed by atoms with E-state index in [0.29, 0.717) is 23.0 Å². The van der Waals surface area contributed by atoms with E-state index in [9.17, 15) is 9.59 Å². The Morgan fingerprint density at radius 3 is 2.71 bits per heavy atom. The lowest BCUT2D eigenvalue weighted by Gasteiger charge is -2.22. The van der Waals surface area contributed by atoms with E-state index in [1.807, 2.05) is 28.8 Å². The zero-order valence-electron chi connectivity index (χ0n) is 16.3. The quantitative estimate of drug-likeness (QED) is 0.853. The molecule has 2 aliphatic rings. The lowest BCUT2D eigenvalue weighted by atomic mass is 10.1. The molecule has 7 nitrogen and oxygen atoms in total. The van der Waals surface area contributed by atoms with E-state index < -0.39 is 0 Å². The average molecular weight is 381 g/mol. The van der Waals surface area contributed by atoms with Crippen LogP contribution in [0, 0.1) is 6.92 Å². The molecule has 0 bridgehead atoms. The molecule has 148 valence electrons. The van der Waals surface area contributed by atoms with Gasteiger partial charge in [-0.25, -0.2) is 0 Å². The second-order valence-corrected chi connectivity index (χ2v) is 7.66. The Balaban J connectivity index is 1.43. The zero-order chi connectivity index (χ0) is 19.5. The van der Waals surface area contributed by atoms with Gasteiger partial charge in [0.1, 0.15) is 0 Å². The van der Waals surface area contributed by atoms with Gasteiger partial charge in [0.15, 0.2) is 5.69 Å². The van der Waals surface area contributed by atoms with E-state index in [4.69, 9.17) is 0 Å². The Kier molecular flexibility index (Phi) is 5.43. The number of nitrogens with one attached hydrogen (secondary N) is 2. The molecule has 3 heterocycles. The van der Waals surface area contributed by atoms with Crippen LogP contribution in [0.4, 0.5) is 5.69 Å². The average Bonchev–Trinajstić information content (AvgIpc) is 3.42. The molecule has 1 aromatic heterocycles. The summed E-state index contributed by atoms with van der Waals surface area (Å²) in [6.07, 6.45) is 6.21. The fourth-order valence-electron chi connectivity index (χ4n) is 3.95. The van der Waals surface area contributed by atoms with Crippen molar-refractivity contribution in [2.24, 2.45) is 0 Å². The first kappa shape index (κ1) is 18.7. The smallest absolute Gasteiger partial charge is 0.276 e. The number of carbonyl (C=O) groups is 2. The van der Waals surface area contributed by atoms with E-state index in [2.05, 4.69) is 15.7 Å². The Labute approximate surface area is 165 Å². The molecule has 1 aromatic carbocycles. The van der Waals surface area contributed by atoms with Gasteiger partial charge in [0.2, 0.25) is 0 Å². The van der Waals surface area contributed by atoms with Crippen molar-refractivity contribution < 1.29 is 9.59 Å². The SMILES string of the molecule is Cc1cc(C(=O)N2CCCC2)ccc1NC(=O)c1ccn(C2CCCNC2)n1. The van der Waals surface area contributed by atoms with Crippen molar-refractivity contribution in [1.29, 1.82) is 0 Å². The predicted octanol–water partition coefficient (Wildman–Crippen LogP) is 2.60. The molecule has 0 aliphatic carbocycles. The van der Waals surface area contributed by atoms with Crippen molar-refractivity contribution in [3.63, 3.8) is 0 Å². The molecule has 0 spiro atoms. The maximum atomic E-state index is 12.6. The minimum Gasteiger partial charge on any atom is -0.339 e. The summed E-state index contributed by atoms with van der Waals surface area (Å²) in [5, 5.41) is 10.7. The summed E-state index contributed by atoms with van der Waals surface area (Å²) in [5.74, 6) is -0.164. The molecule has 2 aromatic rings. The first-order valence-corrected chi connectivity index (χ1v) is 10.1. The van der Waals surface area contributed by atoms with Crippen molar-refractivity contribution in [3.8, 4) is 0 Å². The molecule has 28 heavy (non-hydrogen) atoms. The van der Waals surface area contributed by atoms with E-state index in [1.54, 1.807) is 18.2 Å². The number of amides is 2. The van der Waals surface area contributed by atoms with Crippen molar-refractivity contribution in [1.82, 2.24) is 20.0 Å². The standard InChI is InChI=1S/C21H27N5O2/c1-15-13-16(21(28)25-10-2-3-11-25)6-7-18(15)23-20(27)19-8-12-26(24-19)17-5-4-9-22-14-17/h6-8,12-13,17,22H,2-5,9-11,14H2,1H3,(H,23,27). The molecule has 2 N–H and O–H groups in total. The van der Waals surface area contributed by atoms with Crippen LogP contribution < -0.4 is 10.6 Å². The van der Waals surface area contributed by atoms with Crippen molar-refractivity contribution in [3.05, 3.63) is 47.3 Å². The van der Waals surface area contributed by atoms with Crippen LogP contribution in [0.5, 0.6) is 0 Å². The predicted molar refractivity (Wildman–Crippen MR) is 108 cm³/mol. The van der Waals surface area contributed by atoms with Gasteiger partial charge in [-0.15, -0.1) is 0 Å². The highest BCUT2D eigenvalue weighted by Gasteiger charge is 2.21. The highest BCUT2D eigenvalue weighted by Crippen LogP contribution is 2.21. The highest BCUT2D eigenvalue weighted by molar-refractivity contribution is 6.03. The number of hydrogen-bond acceptors (Lipinski definition) is 4. The van der Waals surface area contributed by atoms with Gasteiger partial charge in [-0.05, 0) is 69.0 Å². The molecular weight excluding hydrogens is 354 g/mol. The summed E-state index contributed by atoms with van der Waals surface area (Å²) in [4.78, 5) is 27.0. The number of anilines is 1. The third-order valence-electron chi connectivity index (χ3n) is 5.60. The van der Waals surface area contributed by atoms with Crippen molar-refractivity contribution in [2.75, 3.05) is 31.5 Å². The number of aromatic nitrogens is 2. The molecule has 4 rings (SSSR count).